The molecule has 6 aliphatic rings. The van der Waals surface area contributed by atoms with E-state index in [-0.39, 0.29) is 70.4 Å². The van der Waals surface area contributed by atoms with Crippen molar-refractivity contribution in [1.29, 1.82) is 0 Å². The van der Waals surface area contributed by atoms with E-state index in [1.807, 2.05) is 6.92 Å². The van der Waals surface area contributed by atoms with Gasteiger partial charge in [-0.3, -0.25) is 57.5 Å². The molecular formula is C70H106ClF3N12O12. The molecule has 1 aromatic rings. The smallest absolute Gasteiger partial charge is 0.343 e. The fourth-order valence-electron chi connectivity index (χ4n) is 15.3. The molecule has 10 atom stereocenters. The monoisotopic (exact) mass is 1400 g/mol. The number of likely N-dealkylation sites (N-methyl/N-ethyl adjacent to an activating group) is 6. The first-order valence-corrected chi connectivity index (χ1v) is 35.8. The van der Waals surface area contributed by atoms with Crippen LogP contribution in [0.5, 0.6) is 0 Å². The summed E-state index contributed by atoms with van der Waals surface area (Å²) in [6.45, 7) is 10.6. The summed E-state index contributed by atoms with van der Waals surface area (Å²) < 4.78 is 41.6. The number of hydrogen-bond donors (Lipinski definition) is 3. The van der Waals surface area contributed by atoms with Crippen molar-refractivity contribution in [3.63, 3.8) is 0 Å². The summed E-state index contributed by atoms with van der Waals surface area (Å²) in [6.07, 6.45) is 3.73. The number of aryl methyl sites for hydroxylation is 1. The topological polar surface area (TPSA) is 270 Å². The molecule has 4 saturated heterocycles. The molecule has 546 valence electrons. The molecule has 0 radical (unpaired) electrons. The highest BCUT2D eigenvalue weighted by Crippen LogP contribution is 2.37. The molecule has 28 heteroatoms. The molecule has 6 fully saturated rings. The van der Waals surface area contributed by atoms with E-state index >= 15 is 14.4 Å². The van der Waals surface area contributed by atoms with Gasteiger partial charge in [0.15, 0.2) is 0 Å². The highest BCUT2D eigenvalue weighted by molar-refractivity contribution is 6.31. The van der Waals surface area contributed by atoms with Crippen molar-refractivity contribution in [2.45, 2.75) is 242 Å². The lowest BCUT2D eigenvalue weighted by atomic mass is 9.84. The van der Waals surface area contributed by atoms with E-state index in [9.17, 15) is 56.3 Å². The van der Waals surface area contributed by atoms with Crippen LogP contribution in [0.15, 0.2) is 18.2 Å². The Bertz CT molecular complexity index is 3100. The van der Waals surface area contributed by atoms with Crippen LogP contribution in [0.25, 0.3) is 0 Å². The predicted octanol–water partition coefficient (Wildman–Crippen LogP) is 5.39. The van der Waals surface area contributed by atoms with Crippen LogP contribution in [-0.4, -0.2) is 250 Å². The number of nitrogens with one attached hydrogen (secondary N) is 3. The summed E-state index contributed by atoms with van der Waals surface area (Å²) in [5.41, 5.74) is -2.35. The molecule has 12 amide bonds. The second-order valence-electron chi connectivity index (χ2n) is 28.8. The van der Waals surface area contributed by atoms with Crippen molar-refractivity contribution in [2.75, 3.05) is 75.0 Å². The molecule has 0 unspecified atom stereocenters. The van der Waals surface area contributed by atoms with Crippen LogP contribution >= 0.6 is 11.6 Å². The van der Waals surface area contributed by atoms with Gasteiger partial charge in [-0.2, -0.15) is 13.2 Å². The van der Waals surface area contributed by atoms with Gasteiger partial charge < -0.3 is 60.0 Å². The largest absolute Gasteiger partial charge is 0.417 e. The van der Waals surface area contributed by atoms with Gasteiger partial charge in [-0.05, 0) is 119 Å². The van der Waals surface area contributed by atoms with Gasteiger partial charge >= 0.3 is 6.18 Å². The summed E-state index contributed by atoms with van der Waals surface area (Å²) in [4.78, 5) is 190. The van der Waals surface area contributed by atoms with Gasteiger partial charge in [0, 0.05) is 68.5 Å². The maximum atomic E-state index is 15.4. The Morgan fingerprint density at radius 2 is 1.28 bits per heavy atom. The van der Waals surface area contributed by atoms with Crippen LogP contribution in [0.1, 0.15) is 181 Å². The van der Waals surface area contributed by atoms with Crippen LogP contribution in [0, 0.1) is 17.8 Å². The van der Waals surface area contributed by atoms with E-state index in [0.29, 0.717) is 57.2 Å². The normalized spacial score (nSPS) is 28.1. The predicted molar refractivity (Wildman–Crippen MR) is 360 cm³/mol. The first kappa shape index (κ1) is 78.3. The molecule has 24 nitrogen and oxygen atoms in total. The average Bonchev–Trinajstić information content (AvgIpc) is 1.22. The Morgan fingerprint density at radius 3 is 1.86 bits per heavy atom. The van der Waals surface area contributed by atoms with Crippen molar-refractivity contribution < 1.29 is 70.7 Å². The molecule has 1 spiro atoms. The lowest BCUT2D eigenvalue weighted by Gasteiger charge is -2.45. The molecule has 98 heavy (non-hydrogen) atoms. The van der Waals surface area contributed by atoms with Gasteiger partial charge in [0.25, 0.3) is 0 Å². The van der Waals surface area contributed by atoms with Crippen LogP contribution in [0.3, 0.4) is 0 Å². The van der Waals surface area contributed by atoms with Crippen molar-refractivity contribution >= 4 is 82.5 Å². The first-order chi connectivity index (χ1) is 46.2. The maximum absolute atomic E-state index is 15.4. The van der Waals surface area contributed by atoms with E-state index in [4.69, 9.17) is 11.6 Å². The molecule has 4 aliphatic heterocycles. The van der Waals surface area contributed by atoms with E-state index in [0.717, 1.165) is 55.6 Å². The molecule has 7 rings (SSSR count). The molecule has 4 heterocycles. The van der Waals surface area contributed by atoms with Gasteiger partial charge in [-0.25, -0.2) is 0 Å². The van der Waals surface area contributed by atoms with Crippen LogP contribution in [0.2, 0.25) is 5.02 Å². The number of hydrogen-bond acceptors (Lipinski definition) is 12. The van der Waals surface area contributed by atoms with Gasteiger partial charge in [0.1, 0.15) is 59.9 Å². The van der Waals surface area contributed by atoms with E-state index < -0.39 is 172 Å². The van der Waals surface area contributed by atoms with Gasteiger partial charge in [0.05, 0.1) is 23.6 Å². The van der Waals surface area contributed by atoms with Gasteiger partial charge in [-0.1, -0.05) is 104 Å². The summed E-state index contributed by atoms with van der Waals surface area (Å²) in [5, 5.41) is 8.09. The third kappa shape index (κ3) is 17.9. The number of nitrogens with zero attached hydrogens (tertiary/aromatic N) is 9. The molecule has 3 N–H and O–H groups in total. The van der Waals surface area contributed by atoms with Crippen molar-refractivity contribution in [2.24, 2.45) is 17.8 Å². The molecule has 0 aromatic heterocycles. The highest BCUT2D eigenvalue weighted by Gasteiger charge is 2.51. The van der Waals surface area contributed by atoms with E-state index in [2.05, 4.69) is 16.0 Å². The third-order valence-corrected chi connectivity index (χ3v) is 22.2. The van der Waals surface area contributed by atoms with Crippen LogP contribution in [0.4, 0.5) is 13.2 Å². The number of carbonyl (C=O) groups is 12. The van der Waals surface area contributed by atoms with E-state index in [1.165, 1.54) is 89.6 Å². The highest BCUT2D eigenvalue weighted by atomic mass is 35.5. The summed E-state index contributed by atoms with van der Waals surface area (Å²) in [7, 11) is 8.55. The standard InChI is InChI=1S/C70H106ClF3N12O12/c1-13-43(5)57-66(96)79(8)44(6)61(91)86-37-31-52(86)64(94)81(10)53(39-45-24-17-15-18-25-45)63(93)78(7)41-55(87)75-49(30-28-46-27-29-47(48(71)38-46)70(72,73)74)62(92)85-36-23-26-51(85)60(90)77-69(32-19-20-33-69)68(98)83(12)58(42(3)4)67(97)82(11)54(65(95)84-34-21-16-22-35-84)40-56(88)80(9)50(14-2)59(89)76-57/h27,29,38,42-45,49-54,57-58H,13-26,28,30-37,39-41H2,1-12H3,(H,75,87)(H,76,89)(H,77,90)/t43-,44-,49-,50-,51-,52-,53-,54-,57-,58-/m0/s1. The van der Waals surface area contributed by atoms with Crippen LogP contribution in [-0.2, 0) is 70.1 Å². The minimum atomic E-state index is -4.76. The number of alkyl halides is 3. The summed E-state index contributed by atoms with van der Waals surface area (Å²) in [5.74, 6) is -8.73. The fourth-order valence-corrected chi connectivity index (χ4v) is 15.6. The summed E-state index contributed by atoms with van der Waals surface area (Å²) in [6, 6.07) is -7.80. The minimum Gasteiger partial charge on any atom is -0.343 e. The molecular weight excluding hydrogens is 1290 g/mol. The Kier molecular flexibility index (Phi) is 27.1. The number of carbonyl (C=O) groups excluding carboxylic acids is 12. The minimum absolute atomic E-state index is 0.0247. The van der Waals surface area contributed by atoms with Crippen LogP contribution < -0.4 is 16.0 Å². The Hall–Kier alpha value is -7.06. The van der Waals surface area contributed by atoms with Crippen molar-refractivity contribution in [3.8, 4) is 0 Å². The zero-order valence-corrected chi connectivity index (χ0v) is 60.2. The zero-order valence-electron chi connectivity index (χ0n) is 59.5. The SMILES string of the molecule is CC[C@H](C)[C@@H]1NC(=O)[C@H](CC)N(C)C(=O)C[C@@H](C(=O)N2CCCCC2)N(C)C(=O)[C@H](C(C)C)N(C)C(=O)C2(CCCC2)NC(=O)[C@@H]2CCCN2C(=O)[C@H](CCc2ccc(C(F)(F)F)c(Cl)c2)NC(=O)CN(C)C(=O)[C@H](CC2CCCCC2)N(C)C(=O)[C@@H]2CCN2C(=O)[C@H](C)N(C)C1=O. The number of amides is 12. The number of rotatable bonds is 10. The fraction of sp³-hybridized carbons (Fsp3) is 0.743. The Labute approximate surface area is 580 Å². The van der Waals surface area contributed by atoms with Gasteiger partial charge in [-0.15, -0.1) is 0 Å². The molecule has 2 saturated carbocycles. The average molecular weight is 1400 g/mol. The molecule has 1 aromatic carbocycles. The number of fused-ring (bicyclic) bond motifs is 2. The zero-order chi connectivity index (χ0) is 72.4. The number of halogens is 4. The molecule has 2 aliphatic carbocycles. The van der Waals surface area contributed by atoms with Crippen molar-refractivity contribution in [1.82, 2.24) is 60.0 Å². The van der Waals surface area contributed by atoms with Crippen molar-refractivity contribution in [3.05, 3.63) is 34.3 Å². The number of piperidine rings is 1. The maximum Gasteiger partial charge on any atom is 0.417 e. The third-order valence-electron chi connectivity index (χ3n) is 21.9. The Morgan fingerprint density at radius 1 is 0.643 bits per heavy atom. The molecule has 0 bridgehead atoms. The lowest BCUT2D eigenvalue weighted by molar-refractivity contribution is -0.160. The second kappa shape index (κ2) is 33.9. The first-order valence-electron chi connectivity index (χ1n) is 35.4. The lowest BCUT2D eigenvalue weighted by Crippen LogP contribution is -2.65. The summed E-state index contributed by atoms with van der Waals surface area (Å²) >= 11 is 6.15. The van der Waals surface area contributed by atoms with Gasteiger partial charge in [0.2, 0.25) is 70.9 Å². The van der Waals surface area contributed by atoms with E-state index in [1.54, 1.807) is 32.6 Å². The number of likely N-dealkylation sites (tertiary alicyclic amines) is 1. The Balaban J connectivity index is 1.27. The quantitative estimate of drug-likeness (QED) is 0.266. The number of benzene rings is 1. The second-order valence-corrected chi connectivity index (χ2v) is 29.2.